The van der Waals surface area contributed by atoms with Gasteiger partial charge in [0.05, 0.1) is 22.8 Å². The number of benzene rings is 1. The van der Waals surface area contributed by atoms with E-state index >= 15 is 8.78 Å². The molecule has 2 aromatic heterocycles. The van der Waals surface area contributed by atoms with Crippen LogP contribution in [0.3, 0.4) is 0 Å². The Kier molecular flexibility index (Phi) is 8.73. The third-order valence-corrected chi connectivity index (χ3v) is 10.6. The second-order valence-electron chi connectivity index (χ2n) is 12.4. The number of alkyl halides is 2. The monoisotopic (exact) mass is 629 g/mol. The number of piperazine rings is 1. The molecule has 238 valence electrons. The molecule has 3 fully saturated rings. The van der Waals surface area contributed by atoms with Gasteiger partial charge >= 0.3 is 0 Å². The number of nitrogens with one attached hydrogen (secondary N) is 1. The maximum absolute atomic E-state index is 15.5. The van der Waals surface area contributed by atoms with Crippen molar-refractivity contribution in [2.45, 2.75) is 76.9 Å². The first-order chi connectivity index (χ1) is 21.2. The van der Waals surface area contributed by atoms with Crippen molar-refractivity contribution in [1.82, 2.24) is 29.8 Å². The summed E-state index contributed by atoms with van der Waals surface area (Å²) in [6, 6.07) is 2.20. The summed E-state index contributed by atoms with van der Waals surface area (Å²) in [6.45, 7) is 13.3. The Hall–Kier alpha value is -3.02. The van der Waals surface area contributed by atoms with Crippen molar-refractivity contribution in [3.63, 3.8) is 0 Å². The molecule has 3 aromatic rings. The number of halogens is 3. The highest BCUT2D eigenvalue weighted by atomic mass is 35.5. The molecule has 44 heavy (non-hydrogen) atoms. The van der Waals surface area contributed by atoms with Gasteiger partial charge in [0.1, 0.15) is 5.54 Å². The SMILES string of the molecule is C=CC(=O)N1CCC(n2nc(N3CCN(C4CCOCC4)C[C@@]3(CC)C(F)F)c(-c3c(Cl)c(C)cc4[nH]ncc34)c2C)CC1. The van der Waals surface area contributed by atoms with Crippen molar-refractivity contribution < 1.29 is 18.3 Å². The summed E-state index contributed by atoms with van der Waals surface area (Å²) >= 11 is 7.08. The number of amides is 1. The number of aromatic nitrogens is 4. The van der Waals surface area contributed by atoms with E-state index in [4.69, 9.17) is 21.4 Å². The van der Waals surface area contributed by atoms with Crippen LogP contribution >= 0.6 is 11.6 Å². The number of rotatable bonds is 7. The van der Waals surface area contributed by atoms with Crippen molar-refractivity contribution in [2.75, 3.05) is 50.8 Å². The van der Waals surface area contributed by atoms with E-state index in [1.165, 1.54) is 6.08 Å². The van der Waals surface area contributed by atoms with Gasteiger partial charge in [-0.05, 0) is 63.7 Å². The highest BCUT2D eigenvalue weighted by Gasteiger charge is 2.51. The van der Waals surface area contributed by atoms with Crippen LogP contribution in [0.25, 0.3) is 22.0 Å². The number of likely N-dealkylation sites (tertiary alicyclic amines) is 1. The quantitative estimate of drug-likeness (QED) is 0.335. The van der Waals surface area contributed by atoms with Gasteiger partial charge in [-0.3, -0.25) is 19.5 Å². The van der Waals surface area contributed by atoms with E-state index in [-0.39, 0.29) is 31.0 Å². The molecular formula is C32H42ClF2N7O2. The lowest BCUT2D eigenvalue weighted by Gasteiger charge is -2.52. The van der Waals surface area contributed by atoms with Crippen LogP contribution in [0.5, 0.6) is 0 Å². The molecule has 12 heteroatoms. The Bertz CT molecular complexity index is 1530. The van der Waals surface area contributed by atoms with Crippen LogP contribution in [0, 0.1) is 13.8 Å². The van der Waals surface area contributed by atoms with Crippen molar-refractivity contribution in [3.05, 3.63) is 41.2 Å². The summed E-state index contributed by atoms with van der Waals surface area (Å²) in [5.41, 5.74) is 2.67. The number of nitrogens with zero attached hydrogens (tertiary/aromatic N) is 6. The first kappa shape index (κ1) is 31.0. The number of hydrogen-bond acceptors (Lipinski definition) is 6. The number of hydrogen-bond donors (Lipinski definition) is 1. The Morgan fingerprint density at radius 2 is 1.89 bits per heavy atom. The maximum atomic E-state index is 15.5. The van der Waals surface area contributed by atoms with Crippen LogP contribution in [0.15, 0.2) is 24.9 Å². The molecule has 1 N–H and O–H groups in total. The average Bonchev–Trinajstić information content (AvgIpc) is 3.65. The highest BCUT2D eigenvalue weighted by Crippen LogP contribution is 2.47. The van der Waals surface area contributed by atoms with E-state index in [9.17, 15) is 4.79 Å². The number of ether oxygens (including phenoxy) is 1. The molecule has 0 radical (unpaired) electrons. The van der Waals surface area contributed by atoms with Crippen LogP contribution in [-0.4, -0.2) is 99.6 Å². The Balaban J connectivity index is 1.49. The lowest BCUT2D eigenvalue weighted by atomic mass is 9.88. The number of carbonyl (C=O) groups is 1. The largest absolute Gasteiger partial charge is 0.381 e. The molecule has 0 bridgehead atoms. The summed E-state index contributed by atoms with van der Waals surface area (Å²) in [7, 11) is 0. The number of aryl methyl sites for hydroxylation is 1. The van der Waals surface area contributed by atoms with Crippen LogP contribution in [-0.2, 0) is 9.53 Å². The lowest BCUT2D eigenvalue weighted by molar-refractivity contribution is -0.127. The summed E-state index contributed by atoms with van der Waals surface area (Å²) < 4.78 is 38.6. The smallest absolute Gasteiger partial charge is 0.262 e. The van der Waals surface area contributed by atoms with Crippen LogP contribution in [0.2, 0.25) is 5.02 Å². The van der Waals surface area contributed by atoms with E-state index < -0.39 is 12.0 Å². The number of aromatic amines is 1. The minimum Gasteiger partial charge on any atom is -0.381 e. The van der Waals surface area contributed by atoms with Gasteiger partial charge in [0.2, 0.25) is 5.91 Å². The topological polar surface area (TPSA) is 82.5 Å². The third kappa shape index (κ3) is 5.20. The molecule has 0 saturated carbocycles. The molecule has 3 aliphatic heterocycles. The summed E-state index contributed by atoms with van der Waals surface area (Å²) in [4.78, 5) is 18.2. The van der Waals surface area contributed by atoms with Gasteiger partial charge in [-0.15, -0.1) is 0 Å². The fraction of sp³-hybridized carbons (Fsp3) is 0.594. The molecule has 6 rings (SSSR count). The fourth-order valence-electron chi connectivity index (χ4n) is 7.54. The summed E-state index contributed by atoms with van der Waals surface area (Å²) in [6.07, 6.45) is 3.88. The minimum atomic E-state index is -2.59. The molecule has 1 aromatic carbocycles. The second-order valence-corrected chi connectivity index (χ2v) is 12.8. The molecule has 9 nitrogen and oxygen atoms in total. The van der Waals surface area contributed by atoms with E-state index in [1.54, 1.807) is 11.1 Å². The van der Waals surface area contributed by atoms with Gasteiger partial charge < -0.3 is 14.5 Å². The Morgan fingerprint density at radius 1 is 1.16 bits per heavy atom. The molecule has 3 saturated heterocycles. The normalized spacial score (nSPS) is 22.8. The average molecular weight is 630 g/mol. The molecule has 0 aliphatic carbocycles. The van der Waals surface area contributed by atoms with Gasteiger partial charge in [0, 0.05) is 74.2 Å². The van der Waals surface area contributed by atoms with Gasteiger partial charge in [0.15, 0.2) is 5.82 Å². The fourth-order valence-corrected chi connectivity index (χ4v) is 7.79. The first-order valence-electron chi connectivity index (χ1n) is 15.7. The molecule has 0 spiro atoms. The van der Waals surface area contributed by atoms with Crippen molar-refractivity contribution >= 4 is 34.2 Å². The Morgan fingerprint density at radius 3 is 2.55 bits per heavy atom. The predicted octanol–water partition coefficient (Wildman–Crippen LogP) is 5.76. The number of piperidine rings is 1. The highest BCUT2D eigenvalue weighted by molar-refractivity contribution is 6.36. The predicted molar refractivity (Wildman–Crippen MR) is 169 cm³/mol. The van der Waals surface area contributed by atoms with Crippen LogP contribution in [0.4, 0.5) is 14.6 Å². The van der Waals surface area contributed by atoms with Crippen molar-refractivity contribution in [3.8, 4) is 11.1 Å². The lowest BCUT2D eigenvalue weighted by Crippen LogP contribution is -2.67. The maximum Gasteiger partial charge on any atom is 0.262 e. The molecule has 3 aliphatic rings. The second kappa shape index (κ2) is 12.4. The molecule has 1 amide bonds. The van der Waals surface area contributed by atoms with Gasteiger partial charge in [-0.2, -0.15) is 10.2 Å². The zero-order valence-electron chi connectivity index (χ0n) is 25.8. The van der Waals surface area contributed by atoms with Crippen LogP contribution < -0.4 is 4.90 Å². The number of H-pyrrole nitrogens is 1. The van der Waals surface area contributed by atoms with Gasteiger partial charge in [0.25, 0.3) is 6.43 Å². The first-order valence-corrected chi connectivity index (χ1v) is 16.1. The molecule has 5 heterocycles. The number of carbonyl (C=O) groups excluding carboxylic acids is 1. The van der Waals surface area contributed by atoms with E-state index in [0.717, 1.165) is 46.1 Å². The number of fused-ring (bicyclic) bond motifs is 1. The number of anilines is 1. The Labute approximate surface area is 262 Å². The van der Waals surface area contributed by atoms with Gasteiger partial charge in [-0.1, -0.05) is 25.1 Å². The zero-order chi connectivity index (χ0) is 31.2. The molecular weight excluding hydrogens is 588 g/mol. The third-order valence-electron chi connectivity index (χ3n) is 10.1. The zero-order valence-corrected chi connectivity index (χ0v) is 26.5. The van der Waals surface area contributed by atoms with Gasteiger partial charge in [-0.25, -0.2) is 8.78 Å². The van der Waals surface area contributed by atoms with Crippen molar-refractivity contribution in [2.24, 2.45) is 0 Å². The summed E-state index contributed by atoms with van der Waals surface area (Å²) in [5.74, 6) is 0.457. The van der Waals surface area contributed by atoms with Crippen LogP contribution in [0.1, 0.15) is 56.3 Å². The van der Waals surface area contributed by atoms with Crippen molar-refractivity contribution in [1.29, 1.82) is 0 Å². The molecule has 0 unspecified atom stereocenters. The minimum absolute atomic E-state index is 0.00546. The van der Waals surface area contributed by atoms with E-state index in [1.807, 2.05) is 36.4 Å². The standard InChI is InChI=1S/C32H42ClF2N7O2/c1-5-26(43)39-11-7-23(8-12-39)42-21(4)27(28-24-18-36-37-25(24)17-20(3)29(28)33)30(38-42)41-14-13-40(22-9-15-44-16-10-22)19-32(41,6-2)31(34)35/h5,17-18,22-23,31H,1,6-16,19H2,2-4H3,(H,36,37)/t32-/m0/s1. The van der Waals surface area contributed by atoms with E-state index in [2.05, 4.69) is 21.7 Å². The van der Waals surface area contributed by atoms with E-state index in [0.29, 0.717) is 63.1 Å². The molecule has 1 atom stereocenters. The summed E-state index contributed by atoms with van der Waals surface area (Å²) in [5, 5.41) is 14.0.